The molecule has 0 radical (unpaired) electrons. The Hall–Kier alpha value is -3.91. The largest absolute Gasteiger partial charge is 0.477 e. The van der Waals surface area contributed by atoms with Crippen LogP contribution in [0.15, 0.2) is 29.3 Å². The minimum Gasteiger partial charge on any atom is -0.477 e. The highest BCUT2D eigenvalue weighted by atomic mass is 19.1. The number of hydrogen-bond donors (Lipinski definition) is 13. The SMILES string of the molecule is NC[C@H]1O[C@H](O[C@H]2[C@H](O)[C@@H](O[C@H]3O[C@H](CO)[C@@H](O)[C@H](N)[C@H]3O)[C@H](NCc3cn(CC(O)CN4CCN(c5cc6c(cc5F)c(=O)c(C(=O)O)cn6C5CC5)CC4)nn3)C[C@@H]2N)[C@H](O)[C@@H](O)[C@@H]1O. The van der Waals surface area contributed by atoms with E-state index in [4.69, 9.17) is 36.1 Å². The molecular weight excluding hydrogens is 892 g/mol. The third kappa shape index (κ3) is 10.4. The van der Waals surface area contributed by atoms with Gasteiger partial charge in [-0.2, -0.15) is 0 Å². The number of β-amino-alcohol motifs (C(OH)–C–C–N with tert-alkyl or cyclic N) is 1. The standard InChI is InChI=1S/C41H61FN10O15/c42-22-7-20-25(52(18-1-2-18)15-21(30(20)55)39(62)63)9-26(22)50-5-3-49(4-6-50)13-19(54)14-51-12-17(47-48-51)11-46-24-8-23(44)37(66-41-35(60)34(59)32(57)27(10-43)64-41)36(61)38(24)67-40-33(58)29(45)31(56)28(16-53)65-40/h7,9,12,15,18-19,23-24,27-29,31-38,40-41,46,53-54,56-61H,1-6,8,10-11,13-14,16,43-45H2,(H,62,63)/t19?,23-,24+,27+,28+,29-,31+,32+,33+,34-,35+,36-,37+,38-,40+,41+/m0/s1. The summed E-state index contributed by atoms with van der Waals surface area (Å²) in [6.45, 7) is 1.30. The summed E-state index contributed by atoms with van der Waals surface area (Å²) in [7, 11) is 0. The van der Waals surface area contributed by atoms with E-state index in [9.17, 15) is 55.5 Å². The van der Waals surface area contributed by atoms with Gasteiger partial charge in [-0.25, -0.2) is 13.9 Å². The number of halogens is 1. The number of aliphatic hydroxyl groups is 8. The molecule has 372 valence electrons. The van der Waals surface area contributed by atoms with Crippen molar-refractivity contribution in [3.63, 3.8) is 0 Å². The molecule has 2 aromatic heterocycles. The van der Waals surface area contributed by atoms with Crippen molar-refractivity contribution in [2.75, 3.05) is 50.8 Å². The summed E-state index contributed by atoms with van der Waals surface area (Å²) in [5.41, 5.74) is 18.3. The molecule has 26 heteroatoms. The number of ether oxygens (including phenoxy) is 4. The van der Waals surface area contributed by atoms with Crippen LogP contribution >= 0.6 is 0 Å². The Kier molecular flexibility index (Phi) is 15.2. The molecule has 8 rings (SSSR count). The number of carboxylic acids is 1. The molecule has 16 atom stereocenters. The number of carboxylic acid groups (broad SMARTS) is 1. The minimum atomic E-state index is -1.76. The fourth-order valence-electron chi connectivity index (χ4n) is 9.45. The van der Waals surface area contributed by atoms with Crippen molar-refractivity contribution in [1.82, 2.24) is 29.8 Å². The van der Waals surface area contributed by atoms with Gasteiger partial charge in [0.05, 0.1) is 42.2 Å². The van der Waals surface area contributed by atoms with Crippen LogP contribution in [0.1, 0.15) is 41.4 Å². The monoisotopic (exact) mass is 952 g/mol. The van der Waals surface area contributed by atoms with Crippen LogP contribution in [-0.4, -0.2) is 220 Å². The molecule has 1 aromatic carbocycles. The van der Waals surface area contributed by atoms with Gasteiger partial charge < -0.3 is 96.9 Å². The molecule has 3 aliphatic heterocycles. The summed E-state index contributed by atoms with van der Waals surface area (Å²) in [5, 5.41) is 107. The number of anilines is 1. The number of nitrogens with one attached hydrogen (secondary N) is 1. The van der Waals surface area contributed by atoms with Crippen molar-refractivity contribution in [1.29, 1.82) is 0 Å². The number of carbonyl (C=O) groups is 1. The summed E-state index contributed by atoms with van der Waals surface area (Å²) in [6.07, 6.45) is -14.0. The van der Waals surface area contributed by atoms with Gasteiger partial charge in [0.25, 0.3) is 0 Å². The van der Waals surface area contributed by atoms with Gasteiger partial charge in [0.15, 0.2) is 12.6 Å². The first-order chi connectivity index (χ1) is 32.0. The van der Waals surface area contributed by atoms with Gasteiger partial charge in [-0.3, -0.25) is 9.69 Å². The topological polar surface area (TPSA) is 385 Å². The van der Waals surface area contributed by atoms with E-state index in [1.807, 2.05) is 9.80 Å². The lowest BCUT2D eigenvalue weighted by atomic mass is 9.83. The van der Waals surface area contributed by atoms with E-state index < -0.39 is 127 Å². The highest BCUT2D eigenvalue weighted by molar-refractivity contribution is 5.93. The fraction of sp³-hybridized carbons (Fsp3) is 0.707. The summed E-state index contributed by atoms with van der Waals surface area (Å²) < 4.78 is 42.1. The van der Waals surface area contributed by atoms with Crippen LogP contribution in [-0.2, 0) is 32.0 Å². The second-order valence-electron chi connectivity index (χ2n) is 18.1. The van der Waals surface area contributed by atoms with Gasteiger partial charge in [0.1, 0.15) is 72.4 Å². The van der Waals surface area contributed by atoms with E-state index >= 15 is 4.39 Å². The Morgan fingerprint density at radius 1 is 0.896 bits per heavy atom. The van der Waals surface area contributed by atoms with Gasteiger partial charge in [0.2, 0.25) is 5.43 Å². The number of fused-ring (bicyclic) bond motifs is 1. The molecule has 0 spiro atoms. The number of aromatic carboxylic acids is 1. The molecule has 5 heterocycles. The first kappa shape index (κ1) is 49.5. The number of hydrogen-bond acceptors (Lipinski definition) is 22. The van der Waals surface area contributed by atoms with E-state index in [1.165, 1.54) is 10.9 Å². The van der Waals surface area contributed by atoms with E-state index in [0.29, 0.717) is 43.1 Å². The number of rotatable bonds is 16. The maximum Gasteiger partial charge on any atom is 0.341 e. The third-order valence-corrected chi connectivity index (χ3v) is 13.4. The number of nitrogens with two attached hydrogens (primary N) is 3. The molecule has 67 heavy (non-hydrogen) atoms. The first-order valence-corrected chi connectivity index (χ1v) is 22.4. The smallest absolute Gasteiger partial charge is 0.341 e. The van der Waals surface area contributed by atoms with E-state index in [-0.39, 0.29) is 44.0 Å². The molecule has 2 saturated carbocycles. The highest BCUT2D eigenvalue weighted by Gasteiger charge is 2.52. The minimum absolute atomic E-state index is 0.0208. The van der Waals surface area contributed by atoms with Crippen LogP contribution in [0, 0.1) is 5.82 Å². The van der Waals surface area contributed by atoms with Crippen LogP contribution in [0.3, 0.4) is 0 Å². The van der Waals surface area contributed by atoms with Gasteiger partial charge in [-0.1, -0.05) is 5.21 Å². The molecule has 1 unspecified atom stereocenters. The van der Waals surface area contributed by atoms with Crippen LogP contribution in [0.25, 0.3) is 10.9 Å². The summed E-state index contributed by atoms with van der Waals surface area (Å²) in [5.74, 6) is -1.99. The Morgan fingerprint density at radius 2 is 1.58 bits per heavy atom. The lowest BCUT2D eigenvalue weighted by Gasteiger charge is -2.49. The van der Waals surface area contributed by atoms with Crippen molar-refractivity contribution in [2.45, 2.75) is 136 Å². The van der Waals surface area contributed by atoms with Gasteiger partial charge >= 0.3 is 5.97 Å². The second-order valence-corrected chi connectivity index (χ2v) is 18.1. The molecule has 3 aromatic rings. The number of aromatic nitrogens is 4. The number of piperazine rings is 1. The summed E-state index contributed by atoms with van der Waals surface area (Å²) in [6, 6.07) is -0.304. The van der Waals surface area contributed by atoms with Crippen molar-refractivity contribution in [2.24, 2.45) is 17.2 Å². The average Bonchev–Trinajstić information content (AvgIpc) is 4.06. The zero-order valence-corrected chi connectivity index (χ0v) is 36.4. The fourth-order valence-corrected chi connectivity index (χ4v) is 9.45. The molecule has 5 fully saturated rings. The zero-order chi connectivity index (χ0) is 48.0. The summed E-state index contributed by atoms with van der Waals surface area (Å²) in [4.78, 5) is 28.6. The van der Waals surface area contributed by atoms with Crippen LogP contribution in [0.5, 0.6) is 0 Å². The molecule has 16 N–H and O–H groups in total. The predicted octanol–water partition coefficient (Wildman–Crippen LogP) is -6.20. The number of pyridine rings is 1. The Balaban J connectivity index is 0.883. The highest BCUT2D eigenvalue weighted by Crippen LogP contribution is 2.38. The second kappa shape index (κ2) is 20.6. The van der Waals surface area contributed by atoms with Gasteiger partial charge in [-0.05, 0) is 31.4 Å². The number of aliphatic hydroxyl groups excluding tert-OH is 8. The van der Waals surface area contributed by atoms with Gasteiger partial charge in [0, 0.05) is 81.7 Å². The van der Waals surface area contributed by atoms with Crippen molar-refractivity contribution >= 4 is 22.6 Å². The molecule has 5 aliphatic rings. The Labute approximate surface area is 381 Å². The van der Waals surface area contributed by atoms with Crippen LogP contribution in [0.2, 0.25) is 0 Å². The Morgan fingerprint density at radius 3 is 2.25 bits per heavy atom. The van der Waals surface area contributed by atoms with E-state index in [2.05, 4.69) is 15.6 Å². The molecule has 25 nitrogen and oxygen atoms in total. The van der Waals surface area contributed by atoms with Crippen molar-refractivity contribution in [3.8, 4) is 0 Å². The van der Waals surface area contributed by atoms with Crippen molar-refractivity contribution in [3.05, 3.63) is 51.8 Å². The number of nitrogens with zero attached hydrogens (tertiary/aromatic N) is 6. The lowest BCUT2D eigenvalue weighted by molar-refractivity contribution is -0.332. The molecule has 0 amide bonds. The number of benzene rings is 1. The molecule has 2 aliphatic carbocycles. The normalized spacial score (nSPS) is 35.8. The predicted molar refractivity (Wildman–Crippen MR) is 229 cm³/mol. The quantitative estimate of drug-likeness (QED) is 0.0635. The zero-order valence-electron chi connectivity index (χ0n) is 36.4. The van der Waals surface area contributed by atoms with E-state index in [0.717, 1.165) is 18.9 Å². The maximum absolute atomic E-state index is 15.5. The average molecular weight is 953 g/mol. The third-order valence-electron chi connectivity index (χ3n) is 13.4. The van der Waals surface area contributed by atoms with Crippen LogP contribution in [0.4, 0.5) is 10.1 Å². The van der Waals surface area contributed by atoms with Crippen LogP contribution < -0.4 is 32.8 Å². The first-order valence-electron chi connectivity index (χ1n) is 22.4. The molecular formula is C41H61FN10O15. The maximum atomic E-state index is 15.5. The summed E-state index contributed by atoms with van der Waals surface area (Å²) >= 11 is 0. The lowest BCUT2D eigenvalue weighted by Crippen LogP contribution is -2.69. The van der Waals surface area contributed by atoms with Gasteiger partial charge in [-0.15, -0.1) is 5.10 Å². The Bertz CT molecular complexity index is 2250. The van der Waals surface area contributed by atoms with E-state index in [1.54, 1.807) is 16.8 Å². The molecule has 3 saturated heterocycles. The molecule has 0 bridgehead atoms. The van der Waals surface area contributed by atoms with Crippen molar-refractivity contribution < 1.29 is 74.1 Å².